The van der Waals surface area contributed by atoms with E-state index in [4.69, 9.17) is 0 Å². The Morgan fingerprint density at radius 1 is 1.31 bits per heavy atom. The second kappa shape index (κ2) is 5.47. The molecule has 0 aromatic carbocycles. The zero-order valence-corrected chi connectivity index (χ0v) is 9.40. The largest absolute Gasteiger partial charge is 0.0859 e. The highest BCUT2D eigenvalue weighted by molar-refractivity contribution is 4.94. The van der Waals surface area contributed by atoms with Gasteiger partial charge in [-0.05, 0) is 64.2 Å². The van der Waals surface area contributed by atoms with Gasteiger partial charge in [-0.2, -0.15) is 0 Å². The van der Waals surface area contributed by atoms with Gasteiger partial charge >= 0.3 is 0 Å². The van der Waals surface area contributed by atoms with E-state index in [9.17, 15) is 0 Å². The maximum absolute atomic E-state index is 2.38. The smallest absolute Gasteiger partial charge is 0.0272 e. The van der Waals surface area contributed by atoms with Crippen LogP contribution in [0.3, 0.4) is 0 Å². The van der Waals surface area contributed by atoms with Crippen LogP contribution in [0.4, 0.5) is 0 Å². The average Bonchev–Trinajstić information content (AvgIpc) is 2.08. The van der Waals surface area contributed by atoms with Crippen molar-refractivity contribution in [1.29, 1.82) is 0 Å². The van der Waals surface area contributed by atoms with Crippen LogP contribution in [0.25, 0.3) is 0 Å². The average molecular weight is 179 g/mol. The van der Waals surface area contributed by atoms with Gasteiger partial charge in [-0.3, -0.25) is 0 Å². The maximum Gasteiger partial charge on any atom is -0.0272 e. The lowest BCUT2D eigenvalue weighted by atomic mass is 9.81. The first-order chi connectivity index (χ1) is 6.18. The summed E-state index contributed by atoms with van der Waals surface area (Å²) in [7, 11) is 0. The summed E-state index contributed by atoms with van der Waals surface area (Å²) in [5, 5.41) is 0. The Balaban J connectivity index is 2.12. The zero-order chi connectivity index (χ0) is 9.68. The van der Waals surface area contributed by atoms with Gasteiger partial charge in [0.2, 0.25) is 0 Å². The fraction of sp³-hybridized carbons (Fsp3) is 0.769. The molecular weight excluding hydrogens is 156 g/mol. The van der Waals surface area contributed by atoms with Crippen LogP contribution in [-0.2, 0) is 0 Å². The molecule has 0 N–H and O–H groups in total. The van der Waals surface area contributed by atoms with Crippen molar-refractivity contribution in [3.05, 3.63) is 17.6 Å². The Labute approximate surface area is 83.4 Å². The Kier molecular flexibility index (Phi) is 4.55. The Bertz CT molecular complexity index is 155. The van der Waals surface area contributed by atoms with E-state index < -0.39 is 0 Å². The number of rotatable bonds is 3. The summed E-state index contributed by atoms with van der Waals surface area (Å²) < 4.78 is 0. The maximum atomic E-state index is 2.38. The van der Waals surface area contributed by atoms with Gasteiger partial charge in [-0.25, -0.2) is 0 Å². The summed E-state index contributed by atoms with van der Waals surface area (Å²) in [5.41, 5.74) is 1.47. The van der Waals surface area contributed by atoms with Crippen molar-refractivity contribution in [1.82, 2.24) is 0 Å². The van der Waals surface area contributed by atoms with Crippen LogP contribution in [0.2, 0.25) is 0 Å². The molecule has 0 atom stereocenters. The van der Waals surface area contributed by atoms with E-state index in [1.54, 1.807) is 5.92 Å². The van der Waals surface area contributed by atoms with Gasteiger partial charge in [0.1, 0.15) is 0 Å². The number of hydrogen-bond acceptors (Lipinski definition) is 0. The fourth-order valence-electron chi connectivity index (χ4n) is 2.07. The van der Waals surface area contributed by atoms with Crippen LogP contribution in [0.15, 0.2) is 11.6 Å². The third-order valence-corrected chi connectivity index (χ3v) is 3.09. The lowest BCUT2D eigenvalue weighted by molar-refractivity contribution is 0.360. The summed E-state index contributed by atoms with van der Waals surface area (Å²) in [5.74, 6) is 2.73. The van der Waals surface area contributed by atoms with Gasteiger partial charge in [0, 0.05) is 0 Å². The molecule has 0 unspecified atom stereocenters. The quantitative estimate of drug-likeness (QED) is 0.559. The molecule has 1 saturated carbocycles. The summed E-state index contributed by atoms with van der Waals surface area (Å²) in [4.78, 5) is 0. The molecule has 0 bridgehead atoms. The lowest BCUT2D eigenvalue weighted by Gasteiger charge is -2.25. The molecule has 0 heteroatoms. The van der Waals surface area contributed by atoms with Crippen LogP contribution in [0.5, 0.6) is 0 Å². The normalized spacial score (nSPS) is 20.2. The van der Waals surface area contributed by atoms with E-state index in [-0.39, 0.29) is 0 Å². The molecule has 0 spiro atoms. The Hall–Kier alpha value is -0.260. The Morgan fingerprint density at radius 2 is 1.92 bits per heavy atom. The van der Waals surface area contributed by atoms with Crippen LogP contribution in [-0.4, -0.2) is 0 Å². The second-order valence-corrected chi connectivity index (χ2v) is 4.76. The summed E-state index contributed by atoms with van der Waals surface area (Å²) >= 11 is 0. The van der Waals surface area contributed by atoms with Crippen LogP contribution in [0.1, 0.15) is 59.3 Å². The molecule has 0 aromatic rings. The third kappa shape index (κ3) is 4.50. The van der Waals surface area contributed by atoms with Crippen molar-refractivity contribution in [2.45, 2.75) is 59.3 Å². The summed E-state index contributed by atoms with van der Waals surface area (Å²) in [6, 6.07) is 0. The van der Waals surface area contributed by atoms with E-state index in [1.165, 1.54) is 44.1 Å². The van der Waals surface area contributed by atoms with Gasteiger partial charge in [-0.1, -0.05) is 18.6 Å². The predicted octanol–water partition coefficient (Wildman–Crippen LogP) is 4.52. The van der Waals surface area contributed by atoms with E-state index in [2.05, 4.69) is 26.8 Å². The highest BCUT2D eigenvalue weighted by atomic mass is 14.2. The molecule has 75 valence electrons. The molecule has 1 radical (unpaired) electrons. The molecule has 0 aromatic heterocycles. The second-order valence-electron chi connectivity index (χ2n) is 4.76. The molecule has 0 amide bonds. The van der Waals surface area contributed by atoms with E-state index in [0.29, 0.717) is 0 Å². The van der Waals surface area contributed by atoms with Crippen molar-refractivity contribution < 1.29 is 0 Å². The first-order valence-corrected chi connectivity index (χ1v) is 5.63. The van der Waals surface area contributed by atoms with Crippen molar-refractivity contribution in [3.63, 3.8) is 0 Å². The van der Waals surface area contributed by atoms with Crippen molar-refractivity contribution in [2.75, 3.05) is 0 Å². The number of allylic oxidation sites excluding steroid dienone is 2. The molecular formula is C13H23. The first kappa shape index (κ1) is 10.8. The topological polar surface area (TPSA) is 0 Å². The highest BCUT2D eigenvalue weighted by Crippen LogP contribution is 2.32. The molecule has 1 aliphatic carbocycles. The van der Waals surface area contributed by atoms with Gasteiger partial charge in [0.05, 0.1) is 0 Å². The van der Waals surface area contributed by atoms with E-state index in [0.717, 1.165) is 5.92 Å². The molecule has 13 heavy (non-hydrogen) atoms. The molecule has 1 rings (SSSR count). The molecule has 1 fully saturated rings. The summed E-state index contributed by atoms with van der Waals surface area (Å²) in [6.45, 7) is 6.70. The highest BCUT2D eigenvalue weighted by Gasteiger charge is 2.17. The van der Waals surface area contributed by atoms with Crippen LogP contribution < -0.4 is 0 Å². The van der Waals surface area contributed by atoms with Crippen molar-refractivity contribution in [2.24, 2.45) is 5.92 Å². The zero-order valence-electron chi connectivity index (χ0n) is 9.40. The third-order valence-electron chi connectivity index (χ3n) is 3.09. The molecule has 0 heterocycles. The van der Waals surface area contributed by atoms with E-state index >= 15 is 0 Å². The molecule has 0 aliphatic heterocycles. The van der Waals surface area contributed by atoms with Gasteiger partial charge < -0.3 is 0 Å². The van der Waals surface area contributed by atoms with Gasteiger partial charge in [0.25, 0.3) is 0 Å². The van der Waals surface area contributed by atoms with Crippen LogP contribution >= 0.6 is 0 Å². The monoisotopic (exact) mass is 179 g/mol. The summed E-state index contributed by atoms with van der Waals surface area (Å²) in [6.07, 6.45) is 10.8. The van der Waals surface area contributed by atoms with Crippen molar-refractivity contribution >= 4 is 0 Å². The van der Waals surface area contributed by atoms with Gasteiger partial charge in [0.15, 0.2) is 0 Å². The van der Waals surface area contributed by atoms with Crippen molar-refractivity contribution in [3.8, 4) is 0 Å². The van der Waals surface area contributed by atoms with E-state index in [1.807, 2.05) is 0 Å². The predicted molar refractivity (Wildman–Crippen MR) is 59.5 cm³/mol. The number of hydrogen-bond donors (Lipinski definition) is 0. The minimum absolute atomic E-state index is 1.01. The fourth-order valence-corrected chi connectivity index (χ4v) is 2.07. The first-order valence-electron chi connectivity index (χ1n) is 5.63. The molecule has 0 nitrogen and oxygen atoms in total. The minimum Gasteiger partial charge on any atom is -0.0859 e. The SMILES string of the molecule is C[C]1CCC(CCC=C(C)C)CC1. The van der Waals surface area contributed by atoms with Gasteiger partial charge in [-0.15, -0.1) is 0 Å². The molecule has 0 saturated heterocycles. The standard InChI is InChI=1S/C13H23/c1-11(2)5-4-6-13-9-7-12(3)8-10-13/h5,13H,4,6-10H2,1-3H3. The lowest BCUT2D eigenvalue weighted by Crippen LogP contribution is -2.10. The Morgan fingerprint density at radius 3 is 2.46 bits per heavy atom. The van der Waals surface area contributed by atoms with Crippen LogP contribution in [0, 0.1) is 11.8 Å². The minimum atomic E-state index is 1.01. The molecule has 1 aliphatic rings.